The van der Waals surface area contributed by atoms with Gasteiger partial charge in [0.05, 0.1) is 27.2 Å². The Balaban J connectivity index is 2.67. The summed E-state index contributed by atoms with van der Waals surface area (Å²) in [5.41, 5.74) is 0.450. The SMILES string of the molecule is CCc1c(Cl)[nH]c(=O)n(C(C)c2sc(C)nc2C)c1=O. The van der Waals surface area contributed by atoms with Crippen LogP contribution in [-0.2, 0) is 6.42 Å². The van der Waals surface area contributed by atoms with E-state index in [9.17, 15) is 9.59 Å². The maximum atomic E-state index is 12.4. The Labute approximate surface area is 125 Å². The average Bonchev–Trinajstić information content (AvgIpc) is 2.68. The summed E-state index contributed by atoms with van der Waals surface area (Å²) in [5.74, 6) is 0. The van der Waals surface area contributed by atoms with Gasteiger partial charge in [-0.3, -0.25) is 14.3 Å². The van der Waals surface area contributed by atoms with Crippen molar-refractivity contribution in [1.29, 1.82) is 0 Å². The van der Waals surface area contributed by atoms with Crippen LogP contribution in [0.4, 0.5) is 0 Å². The minimum atomic E-state index is -0.491. The zero-order valence-corrected chi connectivity index (χ0v) is 13.4. The largest absolute Gasteiger partial charge is 0.330 e. The lowest BCUT2D eigenvalue weighted by Gasteiger charge is -2.14. The number of aromatic nitrogens is 3. The first-order chi connectivity index (χ1) is 9.36. The second kappa shape index (κ2) is 5.54. The third-order valence-electron chi connectivity index (χ3n) is 3.24. The van der Waals surface area contributed by atoms with Crippen LogP contribution in [0.3, 0.4) is 0 Å². The Kier molecular flexibility index (Phi) is 4.15. The highest BCUT2D eigenvalue weighted by Gasteiger charge is 2.20. The topological polar surface area (TPSA) is 67.8 Å². The highest BCUT2D eigenvalue weighted by Crippen LogP contribution is 2.26. The van der Waals surface area contributed by atoms with Crippen molar-refractivity contribution in [3.05, 3.63) is 47.1 Å². The molecule has 0 aliphatic heterocycles. The van der Waals surface area contributed by atoms with Crippen molar-refractivity contribution < 1.29 is 0 Å². The van der Waals surface area contributed by atoms with E-state index in [1.165, 1.54) is 15.9 Å². The maximum absolute atomic E-state index is 12.4. The van der Waals surface area contributed by atoms with Gasteiger partial charge >= 0.3 is 5.69 Å². The van der Waals surface area contributed by atoms with E-state index in [4.69, 9.17) is 11.6 Å². The molecule has 7 heteroatoms. The monoisotopic (exact) mass is 313 g/mol. The maximum Gasteiger partial charge on any atom is 0.330 e. The van der Waals surface area contributed by atoms with Crippen LogP contribution in [0.1, 0.15) is 41.0 Å². The fourth-order valence-corrected chi connectivity index (χ4v) is 3.54. The van der Waals surface area contributed by atoms with Crippen molar-refractivity contribution in [2.75, 3.05) is 0 Å². The van der Waals surface area contributed by atoms with Gasteiger partial charge in [-0.1, -0.05) is 18.5 Å². The standard InChI is InChI=1S/C13H16ClN3O2S/c1-5-9-11(14)16-13(19)17(12(9)18)7(3)10-6(2)15-8(4)20-10/h7H,5H2,1-4H3,(H,16,19). The molecule has 1 atom stereocenters. The molecule has 2 aromatic rings. The van der Waals surface area contributed by atoms with E-state index in [-0.39, 0.29) is 16.8 Å². The zero-order chi connectivity index (χ0) is 15.0. The van der Waals surface area contributed by atoms with E-state index in [1.807, 2.05) is 27.7 Å². The van der Waals surface area contributed by atoms with Gasteiger partial charge in [-0.05, 0) is 27.2 Å². The number of H-pyrrole nitrogens is 1. The summed E-state index contributed by atoms with van der Waals surface area (Å²) >= 11 is 7.41. The molecule has 2 aromatic heterocycles. The second-order valence-electron chi connectivity index (χ2n) is 4.61. The van der Waals surface area contributed by atoms with Crippen molar-refractivity contribution in [3.8, 4) is 0 Å². The lowest BCUT2D eigenvalue weighted by molar-refractivity contribution is 0.576. The Morgan fingerprint density at radius 3 is 2.55 bits per heavy atom. The van der Waals surface area contributed by atoms with Crippen molar-refractivity contribution in [3.63, 3.8) is 0 Å². The third kappa shape index (κ3) is 2.45. The Bertz CT molecular complexity index is 760. The molecule has 2 rings (SSSR count). The summed E-state index contributed by atoms with van der Waals surface area (Å²) < 4.78 is 1.21. The molecular weight excluding hydrogens is 298 g/mol. The van der Waals surface area contributed by atoms with E-state index in [0.29, 0.717) is 12.0 Å². The van der Waals surface area contributed by atoms with Gasteiger partial charge in [0.2, 0.25) is 0 Å². The van der Waals surface area contributed by atoms with E-state index in [0.717, 1.165) is 15.6 Å². The molecular formula is C13H16ClN3O2S. The van der Waals surface area contributed by atoms with Crippen LogP contribution in [-0.4, -0.2) is 14.5 Å². The minimum Gasteiger partial charge on any atom is -0.297 e. The highest BCUT2D eigenvalue weighted by molar-refractivity contribution is 7.11. The number of aromatic amines is 1. The Hall–Kier alpha value is -1.40. The summed E-state index contributed by atoms with van der Waals surface area (Å²) in [6, 6.07) is -0.361. The molecule has 20 heavy (non-hydrogen) atoms. The molecule has 5 nitrogen and oxygen atoms in total. The van der Waals surface area contributed by atoms with Gasteiger partial charge in [-0.25, -0.2) is 9.78 Å². The first-order valence-electron chi connectivity index (χ1n) is 6.33. The molecule has 1 N–H and O–H groups in total. The molecule has 0 spiro atoms. The van der Waals surface area contributed by atoms with E-state index >= 15 is 0 Å². The molecule has 108 valence electrons. The van der Waals surface area contributed by atoms with Crippen LogP contribution in [0.25, 0.3) is 0 Å². The van der Waals surface area contributed by atoms with Gasteiger partial charge in [-0.2, -0.15) is 0 Å². The van der Waals surface area contributed by atoms with E-state index in [1.54, 1.807) is 0 Å². The summed E-state index contributed by atoms with van der Waals surface area (Å²) in [5, 5.41) is 1.04. The first-order valence-corrected chi connectivity index (χ1v) is 7.53. The smallest absolute Gasteiger partial charge is 0.297 e. The predicted octanol–water partition coefficient (Wildman–Crippen LogP) is 2.44. The lowest BCUT2D eigenvalue weighted by Crippen LogP contribution is -2.39. The van der Waals surface area contributed by atoms with Crippen LogP contribution in [0.15, 0.2) is 9.59 Å². The molecule has 0 bridgehead atoms. The number of nitrogens with one attached hydrogen (secondary N) is 1. The first kappa shape index (κ1) is 15.0. The molecule has 0 fully saturated rings. The molecule has 0 amide bonds. The number of thiazole rings is 1. The van der Waals surface area contributed by atoms with Crippen LogP contribution >= 0.6 is 22.9 Å². The van der Waals surface area contributed by atoms with Crippen LogP contribution in [0.5, 0.6) is 0 Å². The molecule has 0 aliphatic rings. The highest BCUT2D eigenvalue weighted by atomic mass is 35.5. The van der Waals surface area contributed by atoms with Gasteiger partial charge in [0.15, 0.2) is 0 Å². The van der Waals surface area contributed by atoms with Crippen molar-refractivity contribution >= 4 is 22.9 Å². The summed E-state index contributed by atoms with van der Waals surface area (Å²) in [7, 11) is 0. The normalized spacial score (nSPS) is 12.7. The number of aryl methyl sites for hydroxylation is 2. The fourth-order valence-electron chi connectivity index (χ4n) is 2.27. The Morgan fingerprint density at radius 1 is 1.40 bits per heavy atom. The quantitative estimate of drug-likeness (QED) is 0.885. The van der Waals surface area contributed by atoms with Gasteiger partial charge in [0.1, 0.15) is 5.15 Å². The zero-order valence-electron chi connectivity index (χ0n) is 11.8. The molecule has 0 radical (unpaired) electrons. The molecule has 0 saturated heterocycles. The van der Waals surface area contributed by atoms with Crippen LogP contribution in [0, 0.1) is 13.8 Å². The summed E-state index contributed by atoms with van der Waals surface area (Å²) in [4.78, 5) is 32.3. The van der Waals surface area contributed by atoms with Gasteiger partial charge in [-0.15, -0.1) is 11.3 Å². The van der Waals surface area contributed by atoms with Crippen molar-refractivity contribution in [2.45, 2.75) is 40.2 Å². The third-order valence-corrected chi connectivity index (χ3v) is 4.80. The summed E-state index contributed by atoms with van der Waals surface area (Å²) in [6.45, 7) is 7.44. The number of hydrogen-bond acceptors (Lipinski definition) is 4. The van der Waals surface area contributed by atoms with Crippen molar-refractivity contribution in [1.82, 2.24) is 14.5 Å². The van der Waals surface area contributed by atoms with Gasteiger partial charge in [0, 0.05) is 0 Å². The fraction of sp³-hybridized carbons (Fsp3) is 0.462. The molecule has 1 unspecified atom stereocenters. The van der Waals surface area contributed by atoms with E-state index < -0.39 is 5.69 Å². The minimum absolute atomic E-state index is 0.128. The predicted molar refractivity (Wildman–Crippen MR) is 81.1 cm³/mol. The number of hydrogen-bond donors (Lipinski definition) is 1. The number of rotatable bonds is 3. The van der Waals surface area contributed by atoms with E-state index in [2.05, 4.69) is 9.97 Å². The molecule has 0 aliphatic carbocycles. The summed E-state index contributed by atoms with van der Waals surface area (Å²) in [6.07, 6.45) is 0.474. The van der Waals surface area contributed by atoms with Gasteiger partial charge < -0.3 is 0 Å². The second-order valence-corrected chi connectivity index (χ2v) is 6.22. The average molecular weight is 314 g/mol. The van der Waals surface area contributed by atoms with Crippen LogP contribution < -0.4 is 11.2 Å². The lowest BCUT2D eigenvalue weighted by atomic mass is 10.2. The van der Waals surface area contributed by atoms with Gasteiger partial charge in [0.25, 0.3) is 5.56 Å². The number of nitrogens with zero attached hydrogens (tertiary/aromatic N) is 2. The number of halogens is 1. The van der Waals surface area contributed by atoms with Crippen molar-refractivity contribution in [2.24, 2.45) is 0 Å². The van der Waals surface area contributed by atoms with Crippen LogP contribution in [0.2, 0.25) is 5.15 Å². The molecule has 0 saturated carbocycles. The Morgan fingerprint density at radius 2 is 2.05 bits per heavy atom. The molecule has 2 heterocycles. The molecule has 0 aromatic carbocycles.